The van der Waals surface area contributed by atoms with Crippen molar-refractivity contribution in [2.24, 2.45) is 0 Å². The molecule has 0 saturated heterocycles. The predicted molar refractivity (Wildman–Crippen MR) is 72.9 cm³/mol. The number of benzene rings is 2. The standard InChI is InChI=1S/C15H12Cl2/c16-11-7-5-10(6-8-11)14-9-15(17)13-4-2-1-3-12(13)14/h1-8,14-15H,9H2/t14-,15-/m0/s1. The van der Waals surface area contributed by atoms with Gasteiger partial charge in [-0.05, 0) is 35.2 Å². The summed E-state index contributed by atoms with van der Waals surface area (Å²) in [5.74, 6) is 0.408. The third-order valence-corrected chi connectivity index (χ3v) is 4.09. The molecule has 0 fully saturated rings. The summed E-state index contributed by atoms with van der Waals surface area (Å²) in [6.45, 7) is 0. The van der Waals surface area contributed by atoms with Crippen molar-refractivity contribution in [3.63, 3.8) is 0 Å². The number of rotatable bonds is 1. The maximum atomic E-state index is 6.39. The highest BCUT2D eigenvalue weighted by Crippen LogP contribution is 2.46. The van der Waals surface area contributed by atoms with Crippen molar-refractivity contribution in [2.75, 3.05) is 0 Å². The molecule has 0 aromatic heterocycles. The number of alkyl halides is 1. The fourth-order valence-electron chi connectivity index (χ4n) is 2.59. The van der Waals surface area contributed by atoms with E-state index in [9.17, 15) is 0 Å². The number of hydrogen-bond acceptors (Lipinski definition) is 0. The van der Waals surface area contributed by atoms with Crippen LogP contribution in [0, 0.1) is 0 Å². The van der Waals surface area contributed by atoms with E-state index in [1.807, 2.05) is 12.1 Å². The molecule has 0 amide bonds. The molecule has 0 aliphatic heterocycles. The van der Waals surface area contributed by atoms with Crippen LogP contribution in [0.1, 0.15) is 34.4 Å². The van der Waals surface area contributed by atoms with E-state index in [1.165, 1.54) is 16.7 Å². The first-order valence-corrected chi connectivity index (χ1v) is 6.55. The summed E-state index contributed by atoms with van der Waals surface area (Å²) in [6.07, 6.45) is 0.975. The van der Waals surface area contributed by atoms with Crippen molar-refractivity contribution in [1.29, 1.82) is 0 Å². The average molecular weight is 263 g/mol. The fraction of sp³-hybridized carbons (Fsp3) is 0.200. The van der Waals surface area contributed by atoms with E-state index in [0.29, 0.717) is 5.92 Å². The minimum Gasteiger partial charge on any atom is -0.118 e. The van der Waals surface area contributed by atoms with Gasteiger partial charge in [0.15, 0.2) is 0 Å². The van der Waals surface area contributed by atoms with Crippen LogP contribution in [0.15, 0.2) is 48.5 Å². The fourth-order valence-corrected chi connectivity index (χ4v) is 3.09. The molecule has 0 heterocycles. The molecule has 2 atom stereocenters. The van der Waals surface area contributed by atoms with Crippen LogP contribution in [0.3, 0.4) is 0 Å². The van der Waals surface area contributed by atoms with Gasteiger partial charge >= 0.3 is 0 Å². The number of hydrogen-bond donors (Lipinski definition) is 0. The zero-order valence-electron chi connectivity index (χ0n) is 9.24. The summed E-state index contributed by atoms with van der Waals surface area (Å²) in [7, 11) is 0. The molecule has 2 heteroatoms. The molecule has 0 spiro atoms. The van der Waals surface area contributed by atoms with Crippen molar-refractivity contribution in [3.8, 4) is 0 Å². The molecule has 3 rings (SSSR count). The SMILES string of the molecule is Clc1ccc([C@@H]2C[C@H](Cl)c3ccccc32)cc1. The highest BCUT2D eigenvalue weighted by molar-refractivity contribution is 6.30. The van der Waals surface area contributed by atoms with Crippen LogP contribution >= 0.6 is 23.2 Å². The molecule has 0 bridgehead atoms. The van der Waals surface area contributed by atoms with Crippen LogP contribution in [0.4, 0.5) is 0 Å². The molecule has 0 nitrogen and oxygen atoms in total. The molecular formula is C15H12Cl2. The quantitative estimate of drug-likeness (QED) is 0.624. The lowest BCUT2D eigenvalue weighted by Gasteiger charge is -2.11. The molecule has 0 N–H and O–H groups in total. The lowest BCUT2D eigenvalue weighted by atomic mass is 9.93. The topological polar surface area (TPSA) is 0 Å². The monoisotopic (exact) mass is 262 g/mol. The van der Waals surface area contributed by atoms with Crippen molar-refractivity contribution in [2.45, 2.75) is 17.7 Å². The summed E-state index contributed by atoms with van der Waals surface area (Å²) in [4.78, 5) is 0. The second kappa shape index (κ2) is 4.36. The Morgan fingerprint density at radius 3 is 2.24 bits per heavy atom. The lowest BCUT2D eigenvalue weighted by Crippen LogP contribution is -1.95. The summed E-state index contributed by atoms with van der Waals surface area (Å²) >= 11 is 12.3. The molecule has 0 saturated carbocycles. The van der Waals surface area contributed by atoms with Crippen molar-refractivity contribution >= 4 is 23.2 Å². The van der Waals surface area contributed by atoms with Crippen LogP contribution < -0.4 is 0 Å². The zero-order chi connectivity index (χ0) is 11.8. The van der Waals surface area contributed by atoms with Crippen molar-refractivity contribution in [1.82, 2.24) is 0 Å². The van der Waals surface area contributed by atoms with Crippen LogP contribution in [-0.2, 0) is 0 Å². The Morgan fingerprint density at radius 2 is 1.53 bits per heavy atom. The van der Waals surface area contributed by atoms with Gasteiger partial charge in [-0.15, -0.1) is 11.6 Å². The Bertz CT molecular complexity index is 531. The van der Waals surface area contributed by atoms with Gasteiger partial charge < -0.3 is 0 Å². The normalized spacial score (nSPS) is 22.5. The smallest absolute Gasteiger partial charge is 0.0597 e. The predicted octanol–water partition coefficient (Wildman–Crippen LogP) is 5.16. The first kappa shape index (κ1) is 11.1. The number of halogens is 2. The Balaban J connectivity index is 2.04. The van der Waals surface area contributed by atoms with Gasteiger partial charge in [0, 0.05) is 10.9 Å². The van der Waals surface area contributed by atoms with Gasteiger partial charge in [-0.2, -0.15) is 0 Å². The van der Waals surface area contributed by atoms with Crippen molar-refractivity contribution in [3.05, 3.63) is 70.2 Å². The zero-order valence-corrected chi connectivity index (χ0v) is 10.7. The molecule has 17 heavy (non-hydrogen) atoms. The summed E-state index contributed by atoms with van der Waals surface area (Å²) in [6, 6.07) is 16.5. The van der Waals surface area contributed by atoms with E-state index in [2.05, 4.69) is 36.4 Å². The third kappa shape index (κ3) is 1.96. The Labute approximate surface area is 111 Å². The molecule has 2 aromatic carbocycles. The molecule has 1 aliphatic carbocycles. The number of fused-ring (bicyclic) bond motifs is 1. The van der Waals surface area contributed by atoms with Crippen molar-refractivity contribution < 1.29 is 0 Å². The van der Waals surface area contributed by atoms with Crippen LogP contribution in [0.25, 0.3) is 0 Å². The Morgan fingerprint density at radius 1 is 0.882 bits per heavy atom. The first-order chi connectivity index (χ1) is 8.25. The van der Waals surface area contributed by atoms with E-state index in [-0.39, 0.29) is 5.38 Å². The first-order valence-electron chi connectivity index (χ1n) is 5.74. The van der Waals surface area contributed by atoms with E-state index in [0.717, 1.165) is 11.4 Å². The molecule has 0 unspecified atom stereocenters. The summed E-state index contributed by atoms with van der Waals surface area (Å²) in [5.41, 5.74) is 3.92. The van der Waals surface area contributed by atoms with Crippen LogP contribution in [-0.4, -0.2) is 0 Å². The Kier molecular flexibility index (Phi) is 2.85. The van der Waals surface area contributed by atoms with Gasteiger partial charge in [0.25, 0.3) is 0 Å². The van der Waals surface area contributed by atoms with E-state index >= 15 is 0 Å². The summed E-state index contributed by atoms with van der Waals surface area (Å²) in [5, 5.41) is 0.911. The van der Waals surface area contributed by atoms with E-state index in [4.69, 9.17) is 23.2 Å². The summed E-state index contributed by atoms with van der Waals surface area (Å²) < 4.78 is 0. The van der Waals surface area contributed by atoms with E-state index in [1.54, 1.807) is 0 Å². The molecule has 86 valence electrons. The third-order valence-electron chi connectivity index (χ3n) is 3.42. The van der Waals surface area contributed by atoms with Gasteiger partial charge in [-0.25, -0.2) is 0 Å². The Hall–Kier alpha value is -0.980. The molecule has 1 aliphatic rings. The maximum absolute atomic E-state index is 6.39. The van der Waals surface area contributed by atoms with E-state index < -0.39 is 0 Å². The molecule has 0 radical (unpaired) electrons. The molecular weight excluding hydrogens is 251 g/mol. The van der Waals surface area contributed by atoms with Crippen LogP contribution in [0.5, 0.6) is 0 Å². The minimum atomic E-state index is 0.131. The van der Waals surface area contributed by atoms with Gasteiger partial charge in [0.2, 0.25) is 0 Å². The second-order valence-electron chi connectivity index (χ2n) is 4.44. The molecule has 2 aromatic rings. The second-order valence-corrected chi connectivity index (χ2v) is 5.40. The van der Waals surface area contributed by atoms with Gasteiger partial charge in [0.05, 0.1) is 5.38 Å². The van der Waals surface area contributed by atoms with Gasteiger partial charge in [0.1, 0.15) is 0 Å². The van der Waals surface area contributed by atoms with Gasteiger partial charge in [-0.3, -0.25) is 0 Å². The maximum Gasteiger partial charge on any atom is 0.0597 e. The highest BCUT2D eigenvalue weighted by atomic mass is 35.5. The lowest BCUT2D eigenvalue weighted by molar-refractivity contribution is 0.771. The minimum absolute atomic E-state index is 0.131. The van der Waals surface area contributed by atoms with Crippen LogP contribution in [0.2, 0.25) is 5.02 Å². The van der Waals surface area contributed by atoms with Gasteiger partial charge in [-0.1, -0.05) is 48.0 Å². The highest BCUT2D eigenvalue weighted by Gasteiger charge is 2.29. The largest absolute Gasteiger partial charge is 0.118 e. The average Bonchev–Trinajstić information content (AvgIpc) is 2.69.